The van der Waals surface area contributed by atoms with Crippen molar-refractivity contribution in [1.29, 1.82) is 0 Å². The number of carbonyl (C=O) groups excluding carboxylic acids is 1. The Morgan fingerprint density at radius 3 is 3.18 bits per heavy atom. The zero-order chi connectivity index (χ0) is 8.10. The maximum atomic E-state index is 10.7. The van der Waals surface area contributed by atoms with E-state index in [0.717, 1.165) is 0 Å². The number of carbonyl (C=O) groups is 1. The van der Waals surface area contributed by atoms with E-state index in [1.807, 2.05) is 0 Å². The molecule has 0 saturated carbocycles. The average molecular weight is 158 g/mol. The normalized spacial score (nSPS) is 24.6. The number of nitrogens with zero attached hydrogens (tertiary/aromatic N) is 1. The van der Waals surface area contributed by atoms with E-state index < -0.39 is 0 Å². The summed E-state index contributed by atoms with van der Waals surface area (Å²) < 4.78 is 9.62. The second kappa shape index (κ2) is 4.31. The lowest BCUT2D eigenvalue weighted by Gasteiger charge is -2.20. The Kier molecular flexibility index (Phi) is 3.32. The highest BCUT2D eigenvalue weighted by molar-refractivity contribution is 5.69. The number of methoxy groups -OCH3 is 1. The van der Waals surface area contributed by atoms with E-state index in [2.05, 4.69) is 10.1 Å². The van der Waals surface area contributed by atoms with Crippen molar-refractivity contribution in [2.75, 3.05) is 26.9 Å². The Balaban J connectivity index is 2.19. The van der Waals surface area contributed by atoms with Gasteiger partial charge in [0.2, 0.25) is 0 Å². The molecule has 0 bridgehead atoms. The van der Waals surface area contributed by atoms with Crippen molar-refractivity contribution < 1.29 is 14.3 Å². The largest absolute Gasteiger partial charge is 0.469 e. The molecule has 1 aliphatic rings. The van der Waals surface area contributed by atoms with Gasteiger partial charge in [-0.05, 0) is 0 Å². The van der Waals surface area contributed by atoms with Crippen LogP contribution in [0.3, 0.4) is 0 Å². The zero-order valence-electron chi connectivity index (χ0n) is 6.58. The minimum absolute atomic E-state index is 0.0104. The number of ether oxygens (including phenoxy) is 2. The van der Waals surface area contributed by atoms with E-state index in [4.69, 9.17) is 4.74 Å². The molecular formula is C7H12NO3. The second-order valence-corrected chi connectivity index (χ2v) is 2.42. The molecule has 1 aliphatic heterocycles. The molecule has 1 radical (unpaired) electrons. The summed E-state index contributed by atoms with van der Waals surface area (Å²) in [5.41, 5.74) is 0. The zero-order valence-corrected chi connectivity index (χ0v) is 6.58. The van der Waals surface area contributed by atoms with E-state index in [0.29, 0.717) is 26.2 Å². The molecule has 0 amide bonds. The van der Waals surface area contributed by atoms with E-state index in [1.165, 1.54) is 7.11 Å². The Hall–Kier alpha value is -0.610. The van der Waals surface area contributed by atoms with Crippen LogP contribution in [0.4, 0.5) is 0 Å². The highest BCUT2D eigenvalue weighted by Crippen LogP contribution is 2.00. The fourth-order valence-corrected chi connectivity index (χ4v) is 0.971. The van der Waals surface area contributed by atoms with E-state index >= 15 is 0 Å². The molecule has 0 N–H and O–H groups in total. The van der Waals surface area contributed by atoms with Gasteiger partial charge in [-0.25, -0.2) is 5.32 Å². The third-order valence-electron chi connectivity index (χ3n) is 1.56. The van der Waals surface area contributed by atoms with Crippen LogP contribution in [-0.4, -0.2) is 38.9 Å². The van der Waals surface area contributed by atoms with Crippen molar-refractivity contribution in [2.24, 2.45) is 0 Å². The maximum absolute atomic E-state index is 10.7. The SMILES string of the molecule is COC(=O)CC1COCC[N]1. The predicted octanol–water partition coefficient (Wildman–Crippen LogP) is -0.447. The summed E-state index contributed by atoms with van der Waals surface area (Å²) in [6, 6.07) is 0.0104. The molecule has 1 atom stereocenters. The maximum Gasteiger partial charge on any atom is 0.307 e. The fraction of sp³-hybridized carbons (Fsp3) is 0.857. The van der Waals surface area contributed by atoms with E-state index in [-0.39, 0.29) is 12.0 Å². The molecule has 1 saturated heterocycles. The molecule has 1 heterocycles. The molecule has 63 valence electrons. The molecule has 0 aromatic rings. The molecule has 4 nitrogen and oxygen atoms in total. The molecule has 0 aromatic carbocycles. The van der Waals surface area contributed by atoms with Crippen LogP contribution in [0.5, 0.6) is 0 Å². The van der Waals surface area contributed by atoms with Crippen molar-refractivity contribution in [2.45, 2.75) is 12.5 Å². The Morgan fingerprint density at radius 1 is 1.82 bits per heavy atom. The quantitative estimate of drug-likeness (QED) is 0.511. The van der Waals surface area contributed by atoms with Crippen LogP contribution in [-0.2, 0) is 14.3 Å². The monoisotopic (exact) mass is 158 g/mol. The smallest absolute Gasteiger partial charge is 0.307 e. The van der Waals surface area contributed by atoms with Gasteiger partial charge in [0.15, 0.2) is 0 Å². The first-order valence-electron chi connectivity index (χ1n) is 3.64. The third-order valence-corrected chi connectivity index (χ3v) is 1.56. The van der Waals surface area contributed by atoms with Crippen molar-refractivity contribution in [3.8, 4) is 0 Å². The summed E-state index contributed by atoms with van der Waals surface area (Å²) in [6.45, 7) is 1.93. The van der Waals surface area contributed by atoms with Gasteiger partial charge in [-0.1, -0.05) is 0 Å². The number of morpholine rings is 1. The van der Waals surface area contributed by atoms with Gasteiger partial charge in [-0.2, -0.15) is 0 Å². The minimum Gasteiger partial charge on any atom is -0.469 e. The van der Waals surface area contributed by atoms with Crippen LogP contribution < -0.4 is 5.32 Å². The van der Waals surface area contributed by atoms with Crippen molar-refractivity contribution in [3.63, 3.8) is 0 Å². The minimum atomic E-state index is -0.218. The summed E-state index contributed by atoms with van der Waals surface area (Å²) in [7, 11) is 1.38. The predicted molar refractivity (Wildman–Crippen MR) is 38.2 cm³/mol. The summed E-state index contributed by atoms with van der Waals surface area (Å²) >= 11 is 0. The van der Waals surface area contributed by atoms with Gasteiger partial charge >= 0.3 is 5.97 Å². The molecule has 1 rings (SSSR count). The van der Waals surface area contributed by atoms with Gasteiger partial charge in [0.25, 0.3) is 0 Å². The van der Waals surface area contributed by atoms with Gasteiger partial charge in [0.1, 0.15) is 0 Å². The molecule has 1 fully saturated rings. The lowest BCUT2D eigenvalue weighted by Crippen LogP contribution is -2.37. The van der Waals surface area contributed by atoms with Crippen molar-refractivity contribution >= 4 is 5.97 Å². The first kappa shape index (κ1) is 8.49. The van der Waals surface area contributed by atoms with Gasteiger partial charge in [-0.15, -0.1) is 0 Å². The summed E-state index contributed by atoms with van der Waals surface area (Å²) in [5.74, 6) is -0.218. The molecule has 11 heavy (non-hydrogen) atoms. The van der Waals surface area contributed by atoms with Crippen LogP contribution in [0.25, 0.3) is 0 Å². The standard InChI is InChI=1S/C7H12NO3/c1-10-7(9)4-6-5-11-3-2-8-6/h6H,2-5H2,1H3. The van der Waals surface area contributed by atoms with Crippen LogP contribution in [0.15, 0.2) is 0 Å². The highest BCUT2D eigenvalue weighted by Gasteiger charge is 2.17. The van der Waals surface area contributed by atoms with Crippen LogP contribution in [0, 0.1) is 0 Å². The molecule has 0 aromatic heterocycles. The number of rotatable bonds is 2. The lowest BCUT2D eigenvalue weighted by molar-refractivity contribution is -0.141. The molecule has 4 heteroatoms. The first-order chi connectivity index (χ1) is 5.33. The summed E-state index contributed by atoms with van der Waals surface area (Å²) in [5, 5.41) is 4.19. The number of esters is 1. The van der Waals surface area contributed by atoms with Gasteiger partial charge in [0.05, 0.1) is 32.8 Å². The molecular weight excluding hydrogens is 146 g/mol. The summed E-state index contributed by atoms with van der Waals surface area (Å²) in [4.78, 5) is 10.7. The topological polar surface area (TPSA) is 49.6 Å². The molecule has 0 aliphatic carbocycles. The Bertz CT molecular complexity index is 132. The van der Waals surface area contributed by atoms with E-state index in [9.17, 15) is 4.79 Å². The summed E-state index contributed by atoms with van der Waals surface area (Å²) in [6.07, 6.45) is 0.344. The van der Waals surface area contributed by atoms with Crippen LogP contribution >= 0.6 is 0 Å². The number of hydrogen-bond acceptors (Lipinski definition) is 3. The average Bonchev–Trinajstić information content (AvgIpc) is 2.06. The van der Waals surface area contributed by atoms with Crippen LogP contribution in [0.1, 0.15) is 6.42 Å². The Morgan fingerprint density at radius 2 is 2.64 bits per heavy atom. The first-order valence-corrected chi connectivity index (χ1v) is 3.64. The van der Waals surface area contributed by atoms with Gasteiger partial charge < -0.3 is 9.47 Å². The van der Waals surface area contributed by atoms with Crippen molar-refractivity contribution in [1.82, 2.24) is 5.32 Å². The number of hydrogen-bond donors (Lipinski definition) is 0. The second-order valence-electron chi connectivity index (χ2n) is 2.42. The van der Waals surface area contributed by atoms with E-state index in [1.54, 1.807) is 0 Å². The fourth-order valence-electron chi connectivity index (χ4n) is 0.971. The highest BCUT2D eigenvalue weighted by atomic mass is 16.5. The third kappa shape index (κ3) is 2.86. The molecule has 1 unspecified atom stereocenters. The van der Waals surface area contributed by atoms with Gasteiger partial charge in [-0.3, -0.25) is 4.79 Å². The Labute approximate surface area is 65.9 Å². The molecule has 0 spiro atoms. The van der Waals surface area contributed by atoms with Crippen LogP contribution in [0.2, 0.25) is 0 Å². The van der Waals surface area contributed by atoms with Crippen molar-refractivity contribution in [3.05, 3.63) is 0 Å². The van der Waals surface area contributed by atoms with Gasteiger partial charge in [0, 0.05) is 6.54 Å². The lowest BCUT2D eigenvalue weighted by atomic mass is 10.2.